The van der Waals surface area contributed by atoms with Gasteiger partial charge in [-0.1, -0.05) is 24.9 Å². The molecule has 0 spiro atoms. The molecule has 0 unspecified atom stereocenters. The molecule has 1 rings (SSSR count). The first-order chi connectivity index (χ1) is 9.56. The SMILES string of the molecule is CCCCOCCNCCS(=O)(=O)c1ccc(Cl)cc1. The van der Waals surface area contributed by atoms with Crippen LogP contribution in [0.25, 0.3) is 0 Å². The minimum absolute atomic E-state index is 0.0730. The molecule has 0 heterocycles. The standard InChI is InChI=1S/C14H22ClNO3S/c1-2-3-10-19-11-8-16-9-12-20(17,18)14-6-4-13(15)5-7-14/h4-7,16H,2-3,8-12H2,1H3. The van der Waals surface area contributed by atoms with Gasteiger partial charge in [-0.05, 0) is 30.7 Å². The zero-order chi connectivity index (χ0) is 14.8. The molecule has 0 atom stereocenters. The first-order valence-electron chi connectivity index (χ1n) is 6.83. The van der Waals surface area contributed by atoms with E-state index in [0.29, 0.717) is 29.6 Å². The van der Waals surface area contributed by atoms with Gasteiger partial charge in [-0.2, -0.15) is 0 Å². The van der Waals surface area contributed by atoms with Crippen LogP contribution in [0.5, 0.6) is 0 Å². The molecule has 0 radical (unpaired) electrons. The van der Waals surface area contributed by atoms with Gasteiger partial charge in [-0.3, -0.25) is 0 Å². The maximum Gasteiger partial charge on any atom is 0.179 e. The number of sulfone groups is 1. The Morgan fingerprint density at radius 1 is 1.15 bits per heavy atom. The lowest BCUT2D eigenvalue weighted by molar-refractivity contribution is 0.133. The molecule has 20 heavy (non-hydrogen) atoms. The zero-order valence-corrected chi connectivity index (χ0v) is 13.3. The van der Waals surface area contributed by atoms with E-state index < -0.39 is 9.84 Å². The summed E-state index contributed by atoms with van der Waals surface area (Å²) in [5.74, 6) is 0.0730. The van der Waals surface area contributed by atoms with Crippen LogP contribution >= 0.6 is 11.6 Å². The van der Waals surface area contributed by atoms with Crippen molar-refractivity contribution >= 4 is 21.4 Å². The average Bonchev–Trinajstić information content (AvgIpc) is 2.42. The Hall–Kier alpha value is -0.620. The van der Waals surface area contributed by atoms with Crippen molar-refractivity contribution in [2.45, 2.75) is 24.7 Å². The fraction of sp³-hybridized carbons (Fsp3) is 0.571. The molecule has 0 fully saturated rings. The van der Waals surface area contributed by atoms with Crippen LogP contribution in [0.4, 0.5) is 0 Å². The van der Waals surface area contributed by atoms with Crippen molar-refractivity contribution in [2.75, 3.05) is 32.1 Å². The highest BCUT2D eigenvalue weighted by atomic mass is 35.5. The van der Waals surface area contributed by atoms with Gasteiger partial charge in [0, 0.05) is 24.7 Å². The van der Waals surface area contributed by atoms with Gasteiger partial charge in [0.25, 0.3) is 0 Å². The monoisotopic (exact) mass is 319 g/mol. The summed E-state index contributed by atoms with van der Waals surface area (Å²) >= 11 is 5.74. The Balaban J connectivity index is 2.22. The van der Waals surface area contributed by atoms with Gasteiger partial charge < -0.3 is 10.1 Å². The van der Waals surface area contributed by atoms with Gasteiger partial charge in [-0.25, -0.2) is 8.42 Å². The van der Waals surface area contributed by atoms with Crippen molar-refractivity contribution in [1.29, 1.82) is 0 Å². The third-order valence-electron chi connectivity index (χ3n) is 2.79. The van der Waals surface area contributed by atoms with Crippen LogP contribution in [-0.4, -0.2) is 40.5 Å². The number of ether oxygens (including phenoxy) is 1. The van der Waals surface area contributed by atoms with E-state index in [0.717, 1.165) is 19.4 Å². The minimum atomic E-state index is -3.24. The summed E-state index contributed by atoms with van der Waals surface area (Å²) in [5.41, 5.74) is 0. The van der Waals surface area contributed by atoms with E-state index in [1.54, 1.807) is 12.1 Å². The number of halogens is 1. The molecule has 0 aliphatic heterocycles. The second-order valence-electron chi connectivity index (χ2n) is 4.49. The van der Waals surface area contributed by atoms with Gasteiger partial charge >= 0.3 is 0 Å². The number of hydrogen-bond donors (Lipinski definition) is 1. The van der Waals surface area contributed by atoms with Crippen LogP contribution < -0.4 is 5.32 Å². The second-order valence-corrected chi connectivity index (χ2v) is 7.03. The van der Waals surface area contributed by atoms with E-state index >= 15 is 0 Å². The molecule has 114 valence electrons. The van der Waals surface area contributed by atoms with E-state index in [2.05, 4.69) is 12.2 Å². The van der Waals surface area contributed by atoms with Gasteiger partial charge in [0.2, 0.25) is 0 Å². The highest BCUT2D eigenvalue weighted by Crippen LogP contribution is 2.14. The van der Waals surface area contributed by atoms with Gasteiger partial charge in [-0.15, -0.1) is 0 Å². The number of unbranched alkanes of at least 4 members (excludes halogenated alkanes) is 1. The van der Waals surface area contributed by atoms with Crippen molar-refractivity contribution in [1.82, 2.24) is 5.32 Å². The molecular formula is C14H22ClNO3S. The van der Waals surface area contributed by atoms with Crippen LogP contribution in [0, 0.1) is 0 Å². The Bertz CT molecular complexity index is 474. The summed E-state index contributed by atoms with van der Waals surface area (Å²) in [6, 6.07) is 6.24. The van der Waals surface area contributed by atoms with Crippen LogP contribution in [-0.2, 0) is 14.6 Å². The lowest BCUT2D eigenvalue weighted by atomic mass is 10.4. The quantitative estimate of drug-likeness (QED) is 0.673. The van der Waals surface area contributed by atoms with Crippen LogP contribution in [0.1, 0.15) is 19.8 Å². The summed E-state index contributed by atoms with van der Waals surface area (Å²) < 4.78 is 29.4. The fourth-order valence-corrected chi connectivity index (χ4v) is 2.91. The molecule has 0 amide bonds. The zero-order valence-electron chi connectivity index (χ0n) is 11.8. The lowest BCUT2D eigenvalue weighted by Gasteiger charge is -2.07. The van der Waals surface area contributed by atoms with E-state index in [9.17, 15) is 8.42 Å². The summed E-state index contributed by atoms with van der Waals surface area (Å²) in [4.78, 5) is 0.308. The number of hydrogen-bond acceptors (Lipinski definition) is 4. The van der Waals surface area contributed by atoms with E-state index in [4.69, 9.17) is 16.3 Å². The molecule has 1 aromatic carbocycles. The highest BCUT2D eigenvalue weighted by Gasteiger charge is 2.13. The smallest absolute Gasteiger partial charge is 0.179 e. The topological polar surface area (TPSA) is 55.4 Å². The number of benzene rings is 1. The average molecular weight is 320 g/mol. The molecule has 6 heteroatoms. The van der Waals surface area contributed by atoms with Crippen molar-refractivity contribution in [3.05, 3.63) is 29.3 Å². The maximum absolute atomic E-state index is 12.0. The van der Waals surface area contributed by atoms with Crippen LogP contribution in [0.15, 0.2) is 29.2 Å². The van der Waals surface area contributed by atoms with Crippen molar-refractivity contribution < 1.29 is 13.2 Å². The summed E-state index contributed by atoms with van der Waals surface area (Å²) in [6.07, 6.45) is 2.18. The molecule has 0 bridgehead atoms. The van der Waals surface area contributed by atoms with E-state index in [1.807, 2.05) is 0 Å². The highest BCUT2D eigenvalue weighted by molar-refractivity contribution is 7.91. The third kappa shape index (κ3) is 6.70. The van der Waals surface area contributed by atoms with E-state index in [-0.39, 0.29) is 5.75 Å². The van der Waals surface area contributed by atoms with Gasteiger partial charge in [0.15, 0.2) is 9.84 Å². The third-order valence-corrected chi connectivity index (χ3v) is 4.77. The predicted molar refractivity (Wildman–Crippen MR) is 82.1 cm³/mol. The van der Waals surface area contributed by atoms with Gasteiger partial charge in [0.05, 0.1) is 17.3 Å². The number of rotatable bonds is 10. The summed E-state index contributed by atoms with van der Waals surface area (Å²) in [6.45, 7) is 4.58. The van der Waals surface area contributed by atoms with Crippen molar-refractivity contribution in [3.63, 3.8) is 0 Å². The molecule has 1 N–H and O–H groups in total. The van der Waals surface area contributed by atoms with Crippen molar-refractivity contribution in [3.8, 4) is 0 Å². The molecular weight excluding hydrogens is 298 g/mol. The number of nitrogens with one attached hydrogen (secondary N) is 1. The molecule has 0 aliphatic carbocycles. The van der Waals surface area contributed by atoms with Gasteiger partial charge in [0.1, 0.15) is 0 Å². The van der Waals surface area contributed by atoms with Crippen LogP contribution in [0.3, 0.4) is 0 Å². The van der Waals surface area contributed by atoms with Crippen molar-refractivity contribution in [2.24, 2.45) is 0 Å². The molecule has 1 aromatic rings. The predicted octanol–water partition coefficient (Wildman–Crippen LogP) is 2.52. The molecule has 4 nitrogen and oxygen atoms in total. The van der Waals surface area contributed by atoms with E-state index in [1.165, 1.54) is 12.1 Å². The Morgan fingerprint density at radius 2 is 1.85 bits per heavy atom. The Morgan fingerprint density at radius 3 is 2.50 bits per heavy atom. The Kier molecular flexibility index (Phi) is 8.14. The molecule has 0 saturated carbocycles. The second kappa shape index (κ2) is 9.34. The lowest BCUT2D eigenvalue weighted by Crippen LogP contribution is -2.26. The fourth-order valence-electron chi connectivity index (χ4n) is 1.58. The summed E-state index contributed by atoms with van der Waals surface area (Å²) in [5, 5.41) is 3.60. The Labute approximate surface area is 126 Å². The molecule has 0 saturated heterocycles. The molecule has 0 aliphatic rings. The summed E-state index contributed by atoms with van der Waals surface area (Å²) in [7, 11) is -3.24. The largest absolute Gasteiger partial charge is 0.380 e. The first-order valence-corrected chi connectivity index (χ1v) is 8.86. The normalized spacial score (nSPS) is 11.7. The molecule has 0 aromatic heterocycles. The first kappa shape index (κ1) is 17.4. The van der Waals surface area contributed by atoms with Crippen LogP contribution in [0.2, 0.25) is 5.02 Å². The maximum atomic E-state index is 12.0. The minimum Gasteiger partial charge on any atom is -0.380 e.